The molecule has 0 N–H and O–H groups in total. The molecule has 6 unspecified atom stereocenters. The van der Waals surface area contributed by atoms with E-state index in [-0.39, 0.29) is 36.1 Å². The van der Waals surface area contributed by atoms with E-state index in [9.17, 15) is 0 Å². The molecule has 2 saturated heterocycles. The number of hydrogen-bond acceptors (Lipinski definition) is 4. The highest BCUT2D eigenvalue weighted by Crippen LogP contribution is 2.56. The van der Waals surface area contributed by atoms with Gasteiger partial charge in [0.15, 0.2) is 0 Å². The lowest BCUT2D eigenvalue weighted by Crippen LogP contribution is -2.26. The van der Waals surface area contributed by atoms with Crippen LogP contribution in [0.3, 0.4) is 0 Å². The molecular weight excluding hydrogens is 785 g/mol. The third kappa shape index (κ3) is 5.46. The Morgan fingerprint density at radius 2 is 0.828 bits per heavy atom. The number of fused-ring (bicyclic) bond motifs is 12. The predicted molar refractivity (Wildman–Crippen MR) is 258 cm³/mol. The normalized spacial score (nSPS) is 23.2. The van der Waals surface area contributed by atoms with Crippen LogP contribution in [0.4, 0.5) is 0 Å². The van der Waals surface area contributed by atoms with E-state index >= 15 is 0 Å². The van der Waals surface area contributed by atoms with Crippen LogP contribution in [0.25, 0.3) is 82.9 Å². The molecule has 0 amide bonds. The number of rotatable bonds is 5. The van der Waals surface area contributed by atoms with Gasteiger partial charge in [-0.05, 0) is 93.0 Å². The van der Waals surface area contributed by atoms with Crippen molar-refractivity contribution in [1.82, 2.24) is 0 Å². The first-order chi connectivity index (χ1) is 31.7. The van der Waals surface area contributed by atoms with Crippen LogP contribution in [0.1, 0.15) is 16.7 Å². The quantitative estimate of drug-likeness (QED) is 0.173. The van der Waals surface area contributed by atoms with E-state index in [4.69, 9.17) is 18.3 Å². The minimum Gasteiger partial charge on any atom is -0.484 e. The number of furan rings is 2. The first kappa shape index (κ1) is 35.9. The zero-order valence-corrected chi connectivity index (χ0v) is 34.7. The zero-order valence-electron chi connectivity index (χ0n) is 34.7. The van der Waals surface area contributed by atoms with E-state index in [2.05, 4.69) is 206 Å². The second-order valence-corrected chi connectivity index (χ2v) is 17.7. The number of allylic oxidation sites excluding steroid dienone is 5. The minimum atomic E-state index is -0.182. The van der Waals surface area contributed by atoms with Gasteiger partial charge in [0.2, 0.25) is 0 Å². The van der Waals surface area contributed by atoms with Crippen LogP contribution in [-0.4, -0.2) is 18.3 Å². The zero-order chi connectivity index (χ0) is 41.9. The maximum Gasteiger partial charge on any atom is 0.135 e. The standard InChI is InChI=1S/C60H40O4/c1-4-12-35(13-5-1)38-22-26-52-46(30-38)48-32-40(24-28-54(48)61-52)42-18-10-20-44-50-34-51-45-21-11-19-43(58(45)64-60(51)56(59(50)63-57(42)44)37-16-8-3-9-17-37)41-25-29-55-49(33-41)47-31-39(23-27-53(47)62-55)36-14-6-2-7-15-36/h1-34,44-45,50,57-59H. The second-order valence-electron chi connectivity index (χ2n) is 17.7. The Kier molecular flexibility index (Phi) is 7.81. The summed E-state index contributed by atoms with van der Waals surface area (Å²) in [7, 11) is 0. The molecule has 4 heteroatoms. The van der Waals surface area contributed by atoms with Crippen molar-refractivity contribution < 1.29 is 18.3 Å². The lowest BCUT2D eigenvalue weighted by molar-refractivity contribution is 0.0965. The van der Waals surface area contributed by atoms with E-state index < -0.39 is 0 Å². The highest BCUT2D eigenvalue weighted by molar-refractivity contribution is 6.08. The Bertz CT molecular complexity index is 3580. The molecule has 2 aliphatic heterocycles. The molecule has 3 aliphatic carbocycles. The Morgan fingerprint density at radius 3 is 1.38 bits per heavy atom. The molecule has 4 nitrogen and oxygen atoms in total. The average molecular weight is 825 g/mol. The highest BCUT2D eigenvalue weighted by Gasteiger charge is 2.53. The number of benzene rings is 7. The molecule has 9 aromatic rings. The van der Waals surface area contributed by atoms with Gasteiger partial charge in [-0.25, -0.2) is 0 Å². The topological polar surface area (TPSA) is 44.7 Å². The van der Waals surface area contributed by atoms with Gasteiger partial charge in [0.05, 0.1) is 12.2 Å². The summed E-state index contributed by atoms with van der Waals surface area (Å²) in [4.78, 5) is 0. The lowest BCUT2D eigenvalue weighted by atomic mass is 9.72. The van der Waals surface area contributed by atoms with E-state index in [0.29, 0.717) is 0 Å². The molecule has 0 saturated carbocycles. The van der Waals surface area contributed by atoms with Crippen LogP contribution in [-0.2, 0) is 9.47 Å². The molecule has 64 heavy (non-hydrogen) atoms. The molecule has 0 radical (unpaired) electrons. The van der Waals surface area contributed by atoms with Gasteiger partial charge < -0.3 is 18.3 Å². The van der Waals surface area contributed by atoms with Crippen LogP contribution in [0.5, 0.6) is 0 Å². The van der Waals surface area contributed by atoms with Crippen LogP contribution in [0.2, 0.25) is 0 Å². The molecule has 0 spiro atoms. The molecule has 5 aliphatic rings. The maximum absolute atomic E-state index is 7.39. The van der Waals surface area contributed by atoms with Crippen molar-refractivity contribution in [3.63, 3.8) is 0 Å². The van der Waals surface area contributed by atoms with E-state index in [1.54, 1.807) is 0 Å². The Morgan fingerprint density at radius 1 is 0.359 bits per heavy atom. The second kappa shape index (κ2) is 13.9. The Balaban J connectivity index is 0.826. The Hall–Kier alpha value is -7.66. The number of hydrogen-bond donors (Lipinski definition) is 0. The van der Waals surface area contributed by atoms with Gasteiger partial charge in [0.25, 0.3) is 0 Å². The SMILES string of the molecule is C1=CC2C3=CC4C(OC5C(c6ccc7oc8ccc(-c9ccccc9)cc8c7c6)=CC=CC54)C(c4ccccc4)=C3OC2C(c2ccc3oc4ccc(-c5ccccc5)cc4c3c2)=C1. The fourth-order valence-corrected chi connectivity index (χ4v) is 11.2. The molecule has 304 valence electrons. The molecule has 0 bridgehead atoms. The summed E-state index contributed by atoms with van der Waals surface area (Å²) in [6, 6.07) is 58.0. The third-order valence-corrected chi connectivity index (χ3v) is 14.3. The van der Waals surface area contributed by atoms with Crippen molar-refractivity contribution in [3.05, 3.63) is 234 Å². The molecule has 7 aromatic carbocycles. The number of ether oxygens (including phenoxy) is 2. The predicted octanol–water partition coefficient (Wildman–Crippen LogP) is 14.8. The summed E-state index contributed by atoms with van der Waals surface area (Å²) in [6.45, 7) is 0. The fraction of sp³-hybridized carbons (Fsp3) is 0.100. The van der Waals surface area contributed by atoms with Crippen molar-refractivity contribution in [2.45, 2.75) is 18.3 Å². The molecular formula is C60H40O4. The van der Waals surface area contributed by atoms with Gasteiger partial charge in [-0.3, -0.25) is 0 Å². The first-order valence-electron chi connectivity index (χ1n) is 22.3. The van der Waals surface area contributed by atoms with Gasteiger partial charge in [-0.15, -0.1) is 0 Å². The molecule has 4 heterocycles. The Labute approximate surface area is 370 Å². The summed E-state index contributed by atoms with van der Waals surface area (Å²) in [5, 5.41) is 4.45. The summed E-state index contributed by atoms with van der Waals surface area (Å²) >= 11 is 0. The first-order valence-corrected chi connectivity index (χ1v) is 22.3. The smallest absolute Gasteiger partial charge is 0.135 e. The van der Waals surface area contributed by atoms with E-state index in [1.165, 1.54) is 39.0 Å². The maximum atomic E-state index is 7.39. The monoisotopic (exact) mass is 824 g/mol. The fourth-order valence-electron chi connectivity index (χ4n) is 11.2. The van der Waals surface area contributed by atoms with E-state index in [0.717, 1.165) is 71.9 Å². The van der Waals surface area contributed by atoms with Crippen LogP contribution >= 0.6 is 0 Å². The van der Waals surface area contributed by atoms with Crippen molar-refractivity contribution >= 4 is 60.6 Å². The largest absolute Gasteiger partial charge is 0.484 e. The van der Waals surface area contributed by atoms with Crippen LogP contribution < -0.4 is 0 Å². The summed E-state index contributed by atoms with van der Waals surface area (Å²) in [5.74, 6) is 1.30. The van der Waals surface area contributed by atoms with Gasteiger partial charge in [0, 0.05) is 56.0 Å². The minimum absolute atomic E-state index is 0.0651. The van der Waals surface area contributed by atoms with Crippen LogP contribution in [0, 0.1) is 17.8 Å². The van der Waals surface area contributed by atoms with Gasteiger partial charge in [-0.1, -0.05) is 158 Å². The summed E-state index contributed by atoms with van der Waals surface area (Å²) in [6.07, 6.45) is 15.6. The van der Waals surface area contributed by atoms with Crippen molar-refractivity contribution in [2.24, 2.45) is 17.8 Å². The lowest BCUT2D eigenvalue weighted by Gasteiger charge is -2.28. The third-order valence-electron chi connectivity index (χ3n) is 14.3. The average Bonchev–Trinajstić information content (AvgIpc) is 4.13. The van der Waals surface area contributed by atoms with Crippen molar-refractivity contribution in [2.75, 3.05) is 0 Å². The van der Waals surface area contributed by atoms with E-state index in [1.807, 2.05) is 0 Å². The molecule has 14 rings (SSSR count). The van der Waals surface area contributed by atoms with Gasteiger partial charge in [0.1, 0.15) is 34.2 Å². The van der Waals surface area contributed by atoms with Crippen LogP contribution in [0.15, 0.2) is 226 Å². The molecule has 6 atom stereocenters. The summed E-state index contributed by atoms with van der Waals surface area (Å²) < 4.78 is 27.4. The van der Waals surface area contributed by atoms with Crippen molar-refractivity contribution in [3.8, 4) is 22.3 Å². The van der Waals surface area contributed by atoms with Gasteiger partial charge in [-0.2, -0.15) is 0 Å². The van der Waals surface area contributed by atoms with Gasteiger partial charge >= 0.3 is 0 Å². The molecule has 2 aromatic heterocycles. The highest BCUT2D eigenvalue weighted by atomic mass is 16.5. The van der Waals surface area contributed by atoms with Crippen molar-refractivity contribution in [1.29, 1.82) is 0 Å². The summed E-state index contributed by atoms with van der Waals surface area (Å²) in [5.41, 5.74) is 16.5. The molecule has 2 fully saturated rings.